The Bertz CT molecular complexity index is 1180. The van der Waals surface area contributed by atoms with Crippen LogP contribution < -0.4 is 16.0 Å². The van der Waals surface area contributed by atoms with Gasteiger partial charge in [-0.1, -0.05) is 30.3 Å². The number of carbonyl (C=O) groups is 1. The van der Waals surface area contributed by atoms with E-state index in [1.807, 2.05) is 13.0 Å². The molecule has 2 heterocycles. The fourth-order valence-corrected chi connectivity index (χ4v) is 4.06. The quantitative estimate of drug-likeness (QED) is 0.537. The number of anilines is 1. The number of hydrogen-bond donors (Lipinski definition) is 2. The van der Waals surface area contributed by atoms with Crippen molar-refractivity contribution in [3.63, 3.8) is 0 Å². The van der Waals surface area contributed by atoms with E-state index in [-0.39, 0.29) is 18.5 Å². The van der Waals surface area contributed by atoms with E-state index in [1.54, 1.807) is 30.5 Å². The van der Waals surface area contributed by atoms with Gasteiger partial charge in [0.25, 0.3) is 5.91 Å². The molecule has 1 amide bonds. The second-order valence-electron chi connectivity index (χ2n) is 8.42. The summed E-state index contributed by atoms with van der Waals surface area (Å²) in [4.78, 5) is 19.2. The molecule has 6 nitrogen and oxygen atoms in total. The molecule has 1 atom stereocenters. The molecule has 0 radical (unpaired) electrons. The standard InChI is InChI=1S/C26H27F3N4O2/c1-17(32-25(34)21-12-23(16-31-15-21)33-8-10-35-11-9-33)18-2-4-19(5-3-18)24-13-22(26(27,28)29)7-6-20(24)14-30/h2-7,12-13,15-17H,8-11,14,30H2,1H3,(H,32,34)/t17-/m1/s1. The van der Waals surface area contributed by atoms with Crippen molar-refractivity contribution in [2.45, 2.75) is 25.7 Å². The third-order valence-electron chi connectivity index (χ3n) is 6.09. The first-order valence-corrected chi connectivity index (χ1v) is 11.4. The number of nitrogens with two attached hydrogens (primary N) is 1. The van der Waals surface area contributed by atoms with Crippen LogP contribution in [-0.2, 0) is 17.5 Å². The van der Waals surface area contributed by atoms with Gasteiger partial charge in [-0.3, -0.25) is 9.78 Å². The van der Waals surface area contributed by atoms with Gasteiger partial charge in [0.1, 0.15) is 0 Å². The molecule has 1 aliphatic rings. The fourth-order valence-electron chi connectivity index (χ4n) is 4.06. The number of hydrogen-bond acceptors (Lipinski definition) is 5. The van der Waals surface area contributed by atoms with Crippen molar-refractivity contribution < 1.29 is 22.7 Å². The molecule has 9 heteroatoms. The maximum atomic E-state index is 13.2. The van der Waals surface area contributed by atoms with E-state index in [2.05, 4.69) is 15.2 Å². The Kier molecular flexibility index (Phi) is 7.37. The molecule has 1 saturated heterocycles. The van der Waals surface area contributed by atoms with Crippen LogP contribution in [0.5, 0.6) is 0 Å². The van der Waals surface area contributed by atoms with E-state index in [0.717, 1.165) is 36.5 Å². The number of nitrogens with zero attached hydrogens (tertiary/aromatic N) is 2. The largest absolute Gasteiger partial charge is 0.416 e. The van der Waals surface area contributed by atoms with Crippen molar-refractivity contribution in [3.05, 3.63) is 83.2 Å². The monoisotopic (exact) mass is 484 g/mol. The molecule has 4 rings (SSSR count). The van der Waals surface area contributed by atoms with E-state index in [1.165, 1.54) is 12.3 Å². The predicted octanol–water partition coefficient (Wildman–Crippen LogP) is 4.55. The molecule has 1 aromatic heterocycles. The highest BCUT2D eigenvalue weighted by molar-refractivity contribution is 5.95. The number of carbonyl (C=O) groups excluding carboxylic acids is 1. The molecular weight excluding hydrogens is 457 g/mol. The van der Waals surface area contributed by atoms with Crippen LogP contribution in [0, 0.1) is 0 Å². The lowest BCUT2D eigenvalue weighted by atomic mass is 9.95. The van der Waals surface area contributed by atoms with Crippen LogP contribution in [0.2, 0.25) is 0 Å². The van der Waals surface area contributed by atoms with Crippen LogP contribution in [0.3, 0.4) is 0 Å². The van der Waals surface area contributed by atoms with Gasteiger partial charge < -0.3 is 20.7 Å². The summed E-state index contributed by atoms with van der Waals surface area (Å²) in [6.45, 7) is 4.73. The molecule has 2 aromatic carbocycles. The number of amides is 1. The van der Waals surface area contributed by atoms with Crippen LogP contribution in [-0.4, -0.2) is 37.2 Å². The normalized spacial score (nSPS) is 15.1. The van der Waals surface area contributed by atoms with E-state index in [9.17, 15) is 18.0 Å². The summed E-state index contributed by atoms with van der Waals surface area (Å²) >= 11 is 0. The average molecular weight is 485 g/mol. The lowest BCUT2D eigenvalue weighted by Crippen LogP contribution is -2.36. The second-order valence-corrected chi connectivity index (χ2v) is 8.42. The molecule has 1 aliphatic heterocycles. The molecule has 0 unspecified atom stereocenters. The van der Waals surface area contributed by atoms with Gasteiger partial charge in [0.05, 0.1) is 42.3 Å². The lowest BCUT2D eigenvalue weighted by Gasteiger charge is -2.28. The molecule has 184 valence electrons. The van der Waals surface area contributed by atoms with Crippen molar-refractivity contribution >= 4 is 11.6 Å². The summed E-state index contributed by atoms with van der Waals surface area (Å²) in [5.41, 5.74) is 8.87. The molecule has 1 fully saturated rings. The van der Waals surface area contributed by atoms with Gasteiger partial charge in [0, 0.05) is 25.8 Å². The predicted molar refractivity (Wildman–Crippen MR) is 128 cm³/mol. The van der Waals surface area contributed by atoms with E-state index in [4.69, 9.17) is 10.5 Å². The summed E-state index contributed by atoms with van der Waals surface area (Å²) in [6.07, 6.45) is -1.18. The molecule has 3 aromatic rings. The third kappa shape index (κ3) is 5.80. The average Bonchev–Trinajstić information content (AvgIpc) is 2.88. The third-order valence-corrected chi connectivity index (χ3v) is 6.09. The Balaban J connectivity index is 1.48. The summed E-state index contributed by atoms with van der Waals surface area (Å²) in [5.74, 6) is -0.257. The zero-order valence-electron chi connectivity index (χ0n) is 19.3. The van der Waals surface area contributed by atoms with Gasteiger partial charge in [-0.2, -0.15) is 13.2 Å². The highest BCUT2D eigenvalue weighted by Gasteiger charge is 2.31. The molecule has 0 aliphatic carbocycles. The summed E-state index contributed by atoms with van der Waals surface area (Å²) < 4.78 is 45.0. The minimum absolute atomic E-state index is 0.124. The van der Waals surface area contributed by atoms with Crippen LogP contribution in [0.25, 0.3) is 11.1 Å². The first-order chi connectivity index (χ1) is 16.8. The Morgan fingerprint density at radius 1 is 1.11 bits per heavy atom. The van der Waals surface area contributed by atoms with Crippen molar-refractivity contribution in [1.29, 1.82) is 0 Å². The Morgan fingerprint density at radius 2 is 1.83 bits per heavy atom. The van der Waals surface area contributed by atoms with Gasteiger partial charge in [0.2, 0.25) is 0 Å². The number of aromatic nitrogens is 1. The molecule has 35 heavy (non-hydrogen) atoms. The van der Waals surface area contributed by atoms with Gasteiger partial charge in [-0.25, -0.2) is 0 Å². The molecule has 3 N–H and O–H groups in total. The summed E-state index contributed by atoms with van der Waals surface area (Å²) in [6, 6.07) is 12.1. The van der Waals surface area contributed by atoms with Crippen LogP contribution in [0.4, 0.5) is 18.9 Å². The molecule has 0 bridgehead atoms. The zero-order chi connectivity index (χ0) is 25.0. The Morgan fingerprint density at radius 3 is 2.49 bits per heavy atom. The van der Waals surface area contributed by atoms with Gasteiger partial charge in [0.15, 0.2) is 0 Å². The molecule has 0 spiro atoms. The van der Waals surface area contributed by atoms with Crippen LogP contribution >= 0.6 is 0 Å². The van der Waals surface area contributed by atoms with Crippen molar-refractivity contribution in [2.24, 2.45) is 5.73 Å². The number of rotatable bonds is 6. The minimum Gasteiger partial charge on any atom is -0.378 e. The zero-order valence-corrected chi connectivity index (χ0v) is 19.3. The first kappa shape index (κ1) is 24.7. The number of nitrogens with one attached hydrogen (secondary N) is 1. The Hall–Kier alpha value is -3.43. The minimum atomic E-state index is -4.44. The maximum absolute atomic E-state index is 13.2. The van der Waals surface area contributed by atoms with E-state index in [0.29, 0.717) is 35.5 Å². The summed E-state index contributed by atoms with van der Waals surface area (Å²) in [7, 11) is 0. The molecule has 0 saturated carbocycles. The smallest absolute Gasteiger partial charge is 0.378 e. The second kappa shape index (κ2) is 10.5. The molecular formula is C26H27F3N4O2. The number of morpholine rings is 1. The highest BCUT2D eigenvalue weighted by atomic mass is 19.4. The number of halogens is 3. The number of alkyl halides is 3. The number of ether oxygens (including phenoxy) is 1. The van der Waals surface area contributed by atoms with Crippen LogP contribution in [0.15, 0.2) is 60.9 Å². The van der Waals surface area contributed by atoms with Gasteiger partial charge in [-0.15, -0.1) is 0 Å². The van der Waals surface area contributed by atoms with Gasteiger partial charge >= 0.3 is 6.18 Å². The van der Waals surface area contributed by atoms with Crippen molar-refractivity contribution in [3.8, 4) is 11.1 Å². The van der Waals surface area contributed by atoms with E-state index >= 15 is 0 Å². The fraction of sp³-hybridized carbons (Fsp3) is 0.308. The van der Waals surface area contributed by atoms with Crippen LogP contribution in [0.1, 0.15) is 40.0 Å². The van der Waals surface area contributed by atoms with Crippen molar-refractivity contribution in [1.82, 2.24) is 10.3 Å². The highest BCUT2D eigenvalue weighted by Crippen LogP contribution is 2.34. The first-order valence-electron chi connectivity index (χ1n) is 11.4. The lowest BCUT2D eigenvalue weighted by molar-refractivity contribution is -0.137. The van der Waals surface area contributed by atoms with Crippen molar-refractivity contribution in [2.75, 3.05) is 31.2 Å². The maximum Gasteiger partial charge on any atom is 0.416 e. The SMILES string of the molecule is C[C@@H](NC(=O)c1cncc(N2CCOCC2)c1)c1ccc(-c2cc(C(F)(F)F)ccc2CN)cc1. The summed E-state index contributed by atoms with van der Waals surface area (Å²) in [5, 5.41) is 2.96. The van der Waals surface area contributed by atoms with Gasteiger partial charge in [-0.05, 0) is 47.4 Å². The topological polar surface area (TPSA) is 80.5 Å². The van der Waals surface area contributed by atoms with E-state index < -0.39 is 11.7 Å². The number of benzene rings is 2. The number of pyridine rings is 1. The Labute approximate surface area is 201 Å².